The Kier molecular flexibility index (Phi) is 7.97. The third kappa shape index (κ3) is 6.46. The second-order valence-corrected chi connectivity index (χ2v) is 6.65. The number of rotatable bonds is 9. The summed E-state index contributed by atoms with van der Waals surface area (Å²) >= 11 is 0. The van der Waals surface area contributed by atoms with Crippen molar-refractivity contribution in [2.75, 3.05) is 6.54 Å². The molecule has 1 aliphatic rings. The number of nitrogens with two attached hydrogens (primary N) is 1. The predicted octanol–water partition coefficient (Wildman–Crippen LogP) is -1.23. The molecule has 132 valence electrons. The first-order valence-electron chi connectivity index (χ1n) is 8.10. The molecule has 0 radical (unpaired) electrons. The first-order chi connectivity index (χ1) is 10.7. The van der Waals surface area contributed by atoms with Crippen LogP contribution in [0.15, 0.2) is 0 Å². The molecule has 9 heteroatoms. The van der Waals surface area contributed by atoms with Crippen LogP contribution in [0.4, 0.5) is 0 Å². The molecular formula is C14H28BN3O5. The topological polar surface area (TPSA) is 145 Å². The first-order valence-corrected chi connectivity index (χ1v) is 8.10. The van der Waals surface area contributed by atoms with Gasteiger partial charge in [0.2, 0.25) is 5.91 Å². The predicted molar refractivity (Wildman–Crippen MR) is 86.5 cm³/mol. The highest BCUT2D eigenvalue weighted by molar-refractivity contribution is 6.40. The van der Waals surface area contributed by atoms with Gasteiger partial charge in [-0.05, 0) is 25.1 Å². The van der Waals surface area contributed by atoms with Gasteiger partial charge < -0.3 is 31.5 Å². The molecule has 1 heterocycles. The Morgan fingerprint density at radius 1 is 1.39 bits per heavy atom. The highest BCUT2D eigenvalue weighted by Crippen LogP contribution is 2.23. The molecule has 0 bridgehead atoms. The SMILES string of the molecule is CC(C)CC(N)C(=O)NC1CNC(C(=O)O)C1CCCB(O)O. The second-order valence-electron chi connectivity index (χ2n) is 6.65. The van der Waals surface area contributed by atoms with Crippen LogP contribution in [0.3, 0.4) is 0 Å². The normalized spacial score (nSPS) is 25.4. The number of carboxylic acids is 1. The van der Waals surface area contributed by atoms with Gasteiger partial charge in [0.25, 0.3) is 0 Å². The van der Waals surface area contributed by atoms with Gasteiger partial charge in [-0.2, -0.15) is 0 Å². The van der Waals surface area contributed by atoms with Gasteiger partial charge in [0.1, 0.15) is 6.04 Å². The maximum Gasteiger partial charge on any atom is 0.451 e. The maximum absolute atomic E-state index is 12.1. The van der Waals surface area contributed by atoms with Crippen LogP contribution in [0.25, 0.3) is 0 Å². The van der Waals surface area contributed by atoms with E-state index in [0.717, 1.165) is 0 Å². The highest BCUT2D eigenvalue weighted by Gasteiger charge is 2.40. The van der Waals surface area contributed by atoms with E-state index in [4.69, 9.17) is 15.8 Å². The van der Waals surface area contributed by atoms with Gasteiger partial charge in [0.05, 0.1) is 6.04 Å². The highest BCUT2D eigenvalue weighted by atomic mass is 16.4. The molecule has 4 atom stereocenters. The zero-order valence-electron chi connectivity index (χ0n) is 13.7. The van der Waals surface area contributed by atoms with Crippen molar-refractivity contribution in [3.63, 3.8) is 0 Å². The fraction of sp³-hybridized carbons (Fsp3) is 0.857. The van der Waals surface area contributed by atoms with Crippen LogP contribution in [0, 0.1) is 11.8 Å². The summed E-state index contributed by atoms with van der Waals surface area (Å²) in [5.74, 6) is -1.25. The molecule has 4 unspecified atom stereocenters. The van der Waals surface area contributed by atoms with Crippen molar-refractivity contribution < 1.29 is 24.7 Å². The summed E-state index contributed by atoms with van der Waals surface area (Å²) in [5.41, 5.74) is 5.86. The van der Waals surface area contributed by atoms with Gasteiger partial charge in [0.15, 0.2) is 0 Å². The third-order valence-corrected chi connectivity index (χ3v) is 4.16. The minimum absolute atomic E-state index is 0.177. The smallest absolute Gasteiger partial charge is 0.451 e. The van der Waals surface area contributed by atoms with Gasteiger partial charge in [-0.3, -0.25) is 9.59 Å². The summed E-state index contributed by atoms with van der Waals surface area (Å²) in [6, 6.07) is -1.69. The second kappa shape index (κ2) is 9.22. The largest absolute Gasteiger partial charge is 0.480 e. The number of amides is 1. The lowest BCUT2D eigenvalue weighted by Gasteiger charge is -2.24. The molecule has 1 amide bonds. The number of nitrogens with one attached hydrogen (secondary N) is 2. The Bertz CT molecular complexity index is 408. The van der Waals surface area contributed by atoms with Crippen LogP contribution < -0.4 is 16.4 Å². The summed E-state index contributed by atoms with van der Waals surface area (Å²) < 4.78 is 0. The first kappa shape index (κ1) is 19.9. The summed E-state index contributed by atoms with van der Waals surface area (Å²) in [4.78, 5) is 23.5. The van der Waals surface area contributed by atoms with E-state index < -0.39 is 25.2 Å². The molecule has 1 fully saturated rings. The van der Waals surface area contributed by atoms with Crippen LogP contribution in [0.1, 0.15) is 33.1 Å². The molecule has 1 rings (SSSR count). The van der Waals surface area contributed by atoms with Gasteiger partial charge in [-0.25, -0.2) is 0 Å². The quantitative estimate of drug-likeness (QED) is 0.291. The third-order valence-electron chi connectivity index (χ3n) is 4.16. The number of aliphatic carboxylic acids is 1. The number of hydrogen-bond acceptors (Lipinski definition) is 6. The van der Waals surface area contributed by atoms with Gasteiger partial charge in [-0.1, -0.05) is 20.3 Å². The molecule has 1 aliphatic heterocycles. The average molecular weight is 329 g/mol. The van der Waals surface area contributed by atoms with Crippen molar-refractivity contribution in [3.8, 4) is 0 Å². The summed E-state index contributed by atoms with van der Waals surface area (Å²) in [6.45, 7) is 4.32. The van der Waals surface area contributed by atoms with Gasteiger partial charge in [-0.15, -0.1) is 0 Å². The summed E-state index contributed by atoms with van der Waals surface area (Å²) in [7, 11) is -1.40. The molecule has 23 heavy (non-hydrogen) atoms. The van der Waals surface area contributed by atoms with Crippen LogP contribution in [0.5, 0.6) is 0 Å². The standard InChI is InChI=1S/C14H28BN3O5/c1-8(2)6-10(16)13(19)18-11-7-17-12(14(20)21)9(11)4-3-5-15(22)23/h8-12,17,22-23H,3-7,16H2,1-2H3,(H,18,19)(H,20,21). The lowest BCUT2D eigenvalue weighted by molar-refractivity contribution is -0.140. The van der Waals surface area contributed by atoms with E-state index in [1.807, 2.05) is 13.8 Å². The average Bonchev–Trinajstić information content (AvgIpc) is 2.80. The van der Waals surface area contributed by atoms with Crippen molar-refractivity contribution in [2.45, 2.75) is 57.6 Å². The zero-order valence-corrected chi connectivity index (χ0v) is 13.7. The van der Waals surface area contributed by atoms with E-state index in [0.29, 0.717) is 31.7 Å². The molecule has 0 aromatic carbocycles. The van der Waals surface area contributed by atoms with E-state index in [9.17, 15) is 14.7 Å². The van der Waals surface area contributed by atoms with Gasteiger partial charge in [0, 0.05) is 18.5 Å². The minimum atomic E-state index is -1.40. The lowest BCUT2D eigenvalue weighted by atomic mass is 9.80. The monoisotopic (exact) mass is 329 g/mol. The summed E-state index contributed by atoms with van der Waals surface area (Å²) in [5, 5.41) is 32.8. The summed E-state index contributed by atoms with van der Waals surface area (Å²) in [6.07, 6.45) is 1.69. The fourth-order valence-electron chi connectivity index (χ4n) is 3.03. The molecule has 0 saturated carbocycles. The molecule has 0 aromatic heterocycles. The van der Waals surface area contributed by atoms with E-state index in [2.05, 4.69) is 10.6 Å². The van der Waals surface area contributed by atoms with Crippen LogP contribution >= 0.6 is 0 Å². The molecule has 7 N–H and O–H groups in total. The van der Waals surface area contributed by atoms with Crippen LogP contribution in [-0.4, -0.2) is 58.8 Å². The van der Waals surface area contributed by atoms with Crippen LogP contribution in [-0.2, 0) is 9.59 Å². The Morgan fingerprint density at radius 2 is 2.04 bits per heavy atom. The van der Waals surface area contributed by atoms with E-state index in [-0.39, 0.29) is 24.2 Å². The molecule has 1 saturated heterocycles. The Balaban J connectivity index is 2.63. The van der Waals surface area contributed by atoms with Crippen molar-refractivity contribution in [1.29, 1.82) is 0 Å². The van der Waals surface area contributed by atoms with E-state index in [1.54, 1.807) is 0 Å². The Morgan fingerprint density at radius 3 is 2.57 bits per heavy atom. The van der Waals surface area contributed by atoms with Crippen molar-refractivity contribution in [3.05, 3.63) is 0 Å². The Hall–Kier alpha value is -1.16. The van der Waals surface area contributed by atoms with Gasteiger partial charge >= 0.3 is 13.1 Å². The number of carbonyl (C=O) groups is 2. The molecule has 0 aromatic rings. The molecule has 8 nitrogen and oxygen atoms in total. The Labute approximate surface area is 137 Å². The van der Waals surface area contributed by atoms with Crippen molar-refractivity contribution in [1.82, 2.24) is 10.6 Å². The molecule has 0 aliphatic carbocycles. The van der Waals surface area contributed by atoms with Crippen molar-refractivity contribution in [2.24, 2.45) is 17.6 Å². The fourth-order valence-corrected chi connectivity index (χ4v) is 3.03. The number of hydrogen-bond donors (Lipinski definition) is 6. The van der Waals surface area contributed by atoms with E-state index >= 15 is 0 Å². The van der Waals surface area contributed by atoms with E-state index in [1.165, 1.54) is 0 Å². The zero-order chi connectivity index (χ0) is 17.6. The van der Waals surface area contributed by atoms with Crippen LogP contribution in [0.2, 0.25) is 6.32 Å². The lowest BCUT2D eigenvalue weighted by Crippen LogP contribution is -2.49. The van der Waals surface area contributed by atoms with Crippen molar-refractivity contribution >= 4 is 19.0 Å². The molecular weight excluding hydrogens is 301 g/mol. The number of carbonyl (C=O) groups excluding carboxylic acids is 1. The molecule has 0 spiro atoms. The number of carboxylic acid groups (broad SMARTS) is 1. The minimum Gasteiger partial charge on any atom is -0.480 e. The maximum atomic E-state index is 12.1.